The lowest BCUT2D eigenvalue weighted by atomic mass is 10.1. The number of carboxylic acid groups (broad SMARTS) is 1. The van der Waals surface area contributed by atoms with Crippen LogP contribution in [0.2, 0.25) is 0 Å². The van der Waals surface area contributed by atoms with Crippen LogP contribution in [0.15, 0.2) is 24.3 Å². The molecule has 132 valence electrons. The zero-order chi connectivity index (χ0) is 18.0. The third-order valence-electron chi connectivity index (χ3n) is 4.16. The largest absolute Gasteiger partial charge is 0.480 e. The minimum Gasteiger partial charge on any atom is -0.480 e. The third-order valence-corrected chi connectivity index (χ3v) is 4.16. The molecule has 9 heteroatoms. The van der Waals surface area contributed by atoms with Crippen molar-refractivity contribution in [3.8, 4) is 0 Å². The number of rotatable bonds is 4. The molecule has 1 aromatic carbocycles. The molecular weight excluding hydrogens is 330 g/mol. The van der Waals surface area contributed by atoms with Crippen LogP contribution in [-0.4, -0.2) is 77.5 Å². The summed E-state index contributed by atoms with van der Waals surface area (Å²) >= 11 is 0. The summed E-state index contributed by atoms with van der Waals surface area (Å²) in [4.78, 5) is 50.6. The standard InChI is InChI=1S/C16H17N3O6/c20-13(8-25-9-14(21)22)18-5-6-19-12(7-18)15(23)17-11-4-2-1-3-10(11)16(19)24/h1-4,12H,5-9H2,(H,17,23)(H,21,22). The number of anilines is 1. The van der Waals surface area contributed by atoms with Crippen LogP contribution in [0.4, 0.5) is 5.69 Å². The number of benzene rings is 1. The summed E-state index contributed by atoms with van der Waals surface area (Å²) in [6, 6.07) is 5.97. The number of carbonyl (C=O) groups excluding carboxylic acids is 3. The number of aliphatic carboxylic acids is 1. The molecule has 0 bridgehead atoms. The molecule has 1 atom stereocenters. The Morgan fingerprint density at radius 2 is 1.96 bits per heavy atom. The molecule has 1 unspecified atom stereocenters. The van der Waals surface area contributed by atoms with Gasteiger partial charge in [0, 0.05) is 13.1 Å². The molecule has 2 aliphatic rings. The van der Waals surface area contributed by atoms with Crippen LogP contribution in [0.25, 0.3) is 0 Å². The van der Waals surface area contributed by atoms with E-state index < -0.39 is 24.5 Å². The average Bonchev–Trinajstić information content (AvgIpc) is 2.70. The van der Waals surface area contributed by atoms with Crippen molar-refractivity contribution in [2.75, 3.05) is 38.2 Å². The number of piperazine rings is 1. The maximum Gasteiger partial charge on any atom is 0.329 e. The summed E-state index contributed by atoms with van der Waals surface area (Å²) < 4.78 is 4.80. The fourth-order valence-electron chi connectivity index (χ4n) is 2.94. The van der Waals surface area contributed by atoms with Crippen LogP contribution in [0.1, 0.15) is 10.4 Å². The van der Waals surface area contributed by atoms with Crippen LogP contribution < -0.4 is 5.32 Å². The smallest absolute Gasteiger partial charge is 0.329 e. The molecule has 0 radical (unpaired) electrons. The van der Waals surface area contributed by atoms with Gasteiger partial charge >= 0.3 is 5.97 Å². The molecule has 9 nitrogen and oxygen atoms in total. The lowest BCUT2D eigenvalue weighted by molar-refractivity contribution is -0.147. The van der Waals surface area contributed by atoms with E-state index in [2.05, 4.69) is 5.32 Å². The first-order valence-electron chi connectivity index (χ1n) is 7.75. The molecule has 1 fully saturated rings. The Morgan fingerprint density at radius 1 is 1.20 bits per heavy atom. The number of carbonyl (C=O) groups is 4. The fourth-order valence-corrected chi connectivity index (χ4v) is 2.94. The highest BCUT2D eigenvalue weighted by Crippen LogP contribution is 2.25. The van der Waals surface area contributed by atoms with Crippen LogP contribution in [-0.2, 0) is 19.1 Å². The molecule has 3 rings (SSSR count). The fraction of sp³-hybridized carbons (Fsp3) is 0.375. The summed E-state index contributed by atoms with van der Waals surface area (Å²) in [6.45, 7) is -0.429. The number of amides is 3. The molecule has 0 spiro atoms. The quantitative estimate of drug-likeness (QED) is 0.751. The second kappa shape index (κ2) is 6.89. The Kier molecular flexibility index (Phi) is 4.66. The molecule has 0 aromatic heterocycles. The number of hydrogen-bond acceptors (Lipinski definition) is 5. The first-order valence-corrected chi connectivity index (χ1v) is 7.75. The predicted octanol–water partition coefficient (Wildman–Crippen LogP) is -0.607. The molecule has 0 saturated carbocycles. The van der Waals surface area contributed by atoms with Crippen LogP contribution in [0, 0.1) is 0 Å². The maximum atomic E-state index is 12.7. The molecule has 2 aliphatic heterocycles. The van der Waals surface area contributed by atoms with Crippen molar-refractivity contribution >= 4 is 29.4 Å². The molecule has 2 heterocycles. The van der Waals surface area contributed by atoms with Crippen molar-refractivity contribution in [2.45, 2.75) is 6.04 Å². The molecule has 25 heavy (non-hydrogen) atoms. The van der Waals surface area contributed by atoms with Crippen LogP contribution in [0.3, 0.4) is 0 Å². The van der Waals surface area contributed by atoms with Gasteiger partial charge in [-0.15, -0.1) is 0 Å². The Morgan fingerprint density at radius 3 is 2.72 bits per heavy atom. The van der Waals surface area contributed by atoms with Crippen molar-refractivity contribution in [1.82, 2.24) is 9.80 Å². The van der Waals surface area contributed by atoms with E-state index in [-0.39, 0.29) is 38.1 Å². The Hall–Kier alpha value is -2.94. The minimum atomic E-state index is -1.16. The zero-order valence-corrected chi connectivity index (χ0v) is 13.3. The Bertz CT molecular complexity index is 734. The summed E-state index contributed by atoms with van der Waals surface area (Å²) in [5, 5.41) is 11.2. The van der Waals surface area contributed by atoms with Crippen molar-refractivity contribution < 1.29 is 29.0 Å². The zero-order valence-electron chi connectivity index (χ0n) is 13.3. The van der Waals surface area contributed by atoms with Crippen LogP contribution in [0.5, 0.6) is 0 Å². The van der Waals surface area contributed by atoms with Gasteiger partial charge in [0.1, 0.15) is 19.3 Å². The van der Waals surface area contributed by atoms with E-state index in [9.17, 15) is 19.2 Å². The van der Waals surface area contributed by atoms with Crippen LogP contribution >= 0.6 is 0 Å². The van der Waals surface area contributed by atoms with Gasteiger partial charge in [-0.05, 0) is 12.1 Å². The molecule has 1 saturated heterocycles. The average molecular weight is 347 g/mol. The van der Waals surface area contributed by atoms with E-state index in [0.717, 1.165) is 0 Å². The number of para-hydroxylation sites is 1. The number of nitrogens with one attached hydrogen (secondary N) is 1. The van der Waals surface area contributed by atoms with Gasteiger partial charge in [0.2, 0.25) is 11.8 Å². The van der Waals surface area contributed by atoms with Gasteiger partial charge in [-0.1, -0.05) is 12.1 Å². The van der Waals surface area contributed by atoms with Gasteiger partial charge in [-0.3, -0.25) is 14.4 Å². The lowest BCUT2D eigenvalue weighted by Gasteiger charge is -2.39. The van der Waals surface area contributed by atoms with Gasteiger partial charge in [0.15, 0.2) is 0 Å². The molecule has 1 aromatic rings. The van der Waals surface area contributed by atoms with E-state index in [1.807, 2.05) is 0 Å². The van der Waals surface area contributed by atoms with Crippen molar-refractivity contribution in [2.24, 2.45) is 0 Å². The molecule has 0 aliphatic carbocycles. The van der Waals surface area contributed by atoms with E-state index in [1.54, 1.807) is 24.3 Å². The minimum absolute atomic E-state index is 0.0425. The van der Waals surface area contributed by atoms with E-state index in [4.69, 9.17) is 9.84 Å². The normalized spacial score (nSPS) is 19.6. The highest BCUT2D eigenvalue weighted by Gasteiger charge is 2.40. The van der Waals surface area contributed by atoms with Gasteiger partial charge in [0.05, 0.1) is 17.8 Å². The van der Waals surface area contributed by atoms with Gasteiger partial charge < -0.3 is 25.0 Å². The number of nitrogens with zero attached hydrogens (tertiary/aromatic N) is 2. The highest BCUT2D eigenvalue weighted by atomic mass is 16.5. The SMILES string of the molecule is O=C(O)COCC(=O)N1CCN2C(=O)c3ccccc3NC(=O)C2C1. The van der Waals surface area contributed by atoms with E-state index >= 15 is 0 Å². The van der Waals surface area contributed by atoms with E-state index in [1.165, 1.54) is 9.80 Å². The van der Waals surface area contributed by atoms with Gasteiger partial charge in [-0.25, -0.2) is 4.79 Å². The first kappa shape index (κ1) is 16.9. The first-order chi connectivity index (χ1) is 12.0. The number of carboxylic acids is 1. The van der Waals surface area contributed by atoms with Crippen molar-refractivity contribution in [3.05, 3.63) is 29.8 Å². The maximum absolute atomic E-state index is 12.7. The third kappa shape index (κ3) is 3.45. The summed E-state index contributed by atoms with van der Waals surface area (Å²) in [7, 11) is 0. The summed E-state index contributed by atoms with van der Waals surface area (Å²) in [5.41, 5.74) is 0.873. The summed E-state index contributed by atoms with van der Waals surface area (Å²) in [6.07, 6.45) is 0. The summed E-state index contributed by atoms with van der Waals surface area (Å²) in [5.74, 6) is -2.19. The predicted molar refractivity (Wildman–Crippen MR) is 84.9 cm³/mol. The lowest BCUT2D eigenvalue weighted by Crippen LogP contribution is -2.60. The topological polar surface area (TPSA) is 116 Å². The monoisotopic (exact) mass is 347 g/mol. The van der Waals surface area contributed by atoms with Gasteiger partial charge in [-0.2, -0.15) is 0 Å². The molecule has 2 N–H and O–H groups in total. The second-order valence-electron chi connectivity index (χ2n) is 5.78. The number of hydrogen-bond donors (Lipinski definition) is 2. The Labute approximate surface area is 143 Å². The van der Waals surface area contributed by atoms with Crippen molar-refractivity contribution in [1.29, 1.82) is 0 Å². The van der Waals surface area contributed by atoms with E-state index in [0.29, 0.717) is 11.3 Å². The molecular formula is C16H17N3O6. The second-order valence-corrected chi connectivity index (χ2v) is 5.78. The van der Waals surface area contributed by atoms with Crippen molar-refractivity contribution in [3.63, 3.8) is 0 Å². The number of fused-ring (bicyclic) bond motifs is 2. The Balaban J connectivity index is 1.71. The number of ether oxygens (including phenoxy) is 1. The highest BCUT2D eigenvalue weighted by molar-refractivity contribution is 6.10. The molecule has 3 amide bonds. The van der Waals surface area contributed by atoms with Gasteiger partial charge in [0.25, 0.3) is 5.91 Å².